The summed E-state index contributed by atoms with van der Waals surface area (Å²) in [5.74, 6) is -1.06. The van der Waals surface area contributed by atoms with Crippen molar-refractivity contribution in [2.75, 3.05) is 6.61 Å². The molecule has 2 aliphatic carbocycles. The van der Waals surface area contributed by atoms with Crippen LogP contribution in [-0.2, 0) is 0 Å². The van der Waals surface area contributed by atoms with Crippen LogP contribution < -0.4 is 4.74 Å². The molecule has 22 heavy (non-hydrogen) atoms. The van der Waals surface area contributed by atoms with Gasteiger partial charge in [-0.3, -0.25) is 0 Å². The molecule has 0 saturated heterocycles. The lowest BCUT2D eigenvalue weighted by Gasteiger charge is -2.19. The zero-order chi connectivity index (χ0) is 15.5. The minimum absolute atomic E-state index is 0.0522. The van der Waals surface area contributed by atoms with E-state index in [1.54, 1.807) is 12.1 Å². The second-order valence-corrected chi connectivity index (χ2v) is 8.06. The second-order valence-electron chi connectivity index (χ2n) is 6.30. The van der Waals surface area contributed by atoms with Crippen LogP contribution in [0.4, 0.5) is 8.78 Å². The van der Waals surface area contributed by atoms with E-state index in [4.69, 9.17) is 4.74 Å². The maximum atomic E-state index is 14.3. The molecule has 2 aliphatic rings. The lowest BCUT2D eigenvalue weighted by Crippen LogP contribution is -2.10. The fourth-order valence-electron chi connectivity index (χ4n) is 3.32. The number of benzene rings is 1. The van der Waals surface area contributed by atoms with Gasteiger partial charge in [-0.25, -0.2) is 4.39 Å². The van der Waals surface area contributed by atoms with E-state index < -0.39 is 11.6 Å². The predicted octanol–water partition coefficient (Wildman–Crippen LogP) is 5.90. The van der Waals surface area contributed by atoms with Crippen molar-refractivity contribution in [2.45, 2.75) is 48.9 Å². The molecule has 0 bridgehead atoms. The van der Waals surface area contributed by atoms with Crippen LogP contribution in [0.5, 0.6) is 5.75 Å². The minimum Gasteiger partial charge on any atom is -0.490 e. The van der Waals surface area contributed by atoms with E-state index in [2.05, 4.69) is 22.6 Å². The average molecular weight is 418 g/mol. The Morgan fingerprint density at radius 3 is 2.55 bits per heavy atom. The van der Waals surface area contributed by atoms with Gasteiger partial charge in [-0.05, 0) is 55.7 Å². The van der Waals surface area contributed by atoms with Gasteiger partial charge in [0.25, 0.3) is 0 Å². The van der Waals surface area contributed by atoms with Crippen molar-refractivity contribution >= 4 is 28.2 Å². The summed E-state index contributed by atoms with van der Waals surface area (Å²) in [6.45, 7) is 0.495. The Kier molecular flexibility index (Phi) is 5.37. The average Bonchev–Trinajstić information content (AvgIpc) is 3.03. The SMILES string of the molecule is Fc1c(OCC2CCCC2)ccc(C2=CCC(I)CC2)c1F. The van der Waals surface area contributed by atoms with E-state index in [1.165, 1.54) is 12.8 Å². The molecule has 3 rings (SSSR count). The Hall–Kier alpha value is -0.650. The van der Waals surface area contributed by atoms with Crippen LogP contribution in [0, 0.1) is 17.6 Å². The highest BCUT2D eigenvalue weighted by atomic mass is 127. The third-order valence-corrected chi connectivity index (χ3v) is 5.82. The summed E-state index contributed by atoms with van der Waals surface area (Å²) in [6, 6.07) is 3.25. The van der Waals surface area contributed by atoms with Crippen LogP contribution in [0.1, 0.15) is 50.5 Å². The summed E-state index contributed by atoms with van der Waals surface area (Å²) in [4.78, 5) is 0. The number of hydrogen-bond acceptors (Lipinski definition) is 1. The molecular formula is C18H21F2IO. The fraction of sp³-hybridized carbons (Fsp3) is 0.556. The monoisotopic (exact) mass is 418 g/mol. The molecule has 0 aliphatic heterocycles. The van der Waals surface area contributed by atoms with Crippen LogP contribution in [-0.4, -0.2) is 10.5 Å². The normalized spacial score (nSPS) is 22.7. The maximum absolute atomic E-state index is 14.3. The lowest BCUT2D eigenvalue weighted by molar-refractivity contribution is 0.239. The molecule has 1 saturated carbocycles. The topological polar surface area (TPSA) is 9.23 Å². The molecule has 1 aromatic rings. The molecule has 1 aromatic carbocycles. The Morgan fingerprint density at radius 2 is 1.86 bits per heavy atom. The van der Waals surface area contributed by atoms with Gasteiger partial charge in [-0.2, -0.15) is 4.39 Å². The van der Waals surface area contributed by atoms with Crippen molar-refractivity contribution in [3.05, 3.63) is 35.4 Å². The van der Waals surface area contributed by atoms with Gasteiger partial charge in [0.05, 0.1) is 6.61 Å². The number of hydrogen-bond donors (Lipinski definition) is 0. The van der Waals surface area contributed by atoms with Crippen LogP contribution in [0.3, 0.4) is 0 Å². The summed E-state index contributed by atoms with van der Waals surface area (Å²) >= 11 is 2.40. The highest BCUT2D eigenvalue weighted by Crippen LogP contribution is 2.34. The number of alkyl halides is 1. The molecule has 4 heteroatoms. The zero-order valence-corrected chi connectivity index (χ0v) is 14.7. The van der Waals surface area contributed by atoms with Crippen molar-refractivity contribution in [1.82, 2.24) is 0 Å². The van der Waals surface area contributed by atoms with Crippen LogP contribution in [0.2, 0.25) is 0 Å². The van der Waals surface area contributed by atoms with Crippen molar-refractivity contribution in [3.8, 4) is 5.75 Å². The van der Waals surface area contributed by atoms with Gasteiger partial charge in [-0.1, -0.05) is 41.5 Å². The van der Waals surface area contributed by atoms with Crippen molar-refractivity contribution in [3.63, 3.8) is 0 Å². The highest BCUT2D eigenvalue weighted by Gasteiger charge is 2.21. The Bertz CT molecular complexity index is 564. The van der Waals surface area contributed by atoms with Crippen molar-refractivity contribution in [2.24, 2.45) is 5.92 Å². The van der Waals surface area contributed by atoms with E-state index in [-0.39, 0.29) is 5.75 Å². The molecule has 0 aromatic heterocycles. The van der Waals surface area contributed by atoms with Gasteiger partial charge in [-0.15, -0.1) is 0 Å². The largest absolute Gasteiger partial charge is 0.490 e. The van der Waals surface area contributed by atoms with E-state index in [1.807, 2.05) is 6.08 Å². The standard InChI is InChI=1S/C18H21F2IO/c19-17-15(13-5-7-14(21)8-6-13)9-10-16(18(17)20)22-11-12-3-1-2-4-12/h5,9-10,12,14H,1-4,6-8,11H2. The fourth-order valence-corrected chi connectivity index (χ4v) is 3.89. The Labute approximate surface area is 144 Å². The molecule has 0 heterocycles. The third-order valence-electron chi connectivity index (χ3n) is 4.69. The first-order chi connectivity index (χ1) is 10.6. The smallest absolute Gasteiger partial charge is 0.201 e. The summed E-state index contributed by atoms with van der Waals surface area (Å²) in [6.07, 6.45) is 9.50. The van der Waals surface area contributed by atoms with Gasteiger partial charge in [0.15, 0.2) is 11.6 Å². The lowest BCUT2D eigenvalue weighted by atomic mass is 9.93. The van der Waals surface area contributed by atoms with Gasteiger partial charge in [0, 0.05) is 9.49 Å². The van der Waals surface area contributed by atoms with Gasteiger partial charge >= 0.3 is 0 Å². The van der Waals surface area contributed by atoms with Crippen LogP contribution in [0.15, 0.2) is 18.2 Å². The van der Waals surface area contributed by atoms with Crippen LogP contribution in [0.25, 0.3) is 5.57 Å². The van der Waals surface area contributed by atoms with Gasteiger partial charge in [0.2, 0.25) is 5.82 Å². The first-order valence-electron chi connectivity index (χ1n) is 8.09. The number of allylic oxidation sites excluding steroid dienone is 2. The molecule has 1 fully saturated rings. The minimum atomic E-state index is -0.840. The van der Waals surface area contributed by atoms with Gasteiger partial charge in [0.1, 0.15) is 0 Å². The number of ether oxygens (including phenoxy) is 1. The van der Waals surface area contributed by atoms with E-state index in [0.717, 1.165) is 37.7 Å². The van der Waals surface area contributed by atoms with E-state index in [0.29, 0.717) is 22.0 Å². The zero-order valence-electron chi connectivity index (χ0n) is 12.6. The molecule has 1 atom stereocenters. The van der Waals surface area contributed by atoms with Crippen LogP contribution >= 0.6 is 22.6 Å². The molecular weight excluding hydrogens is 397 g/mol. The second kappa shape index (κ2) is 7.28. The Morgan fingerprint density at radius 1 is 1.09 bits per heavy atom. The number of halogens is 3. The molecule has 0 spiro atoms. The third kappa shape index (κ3) is 3.63. The Balaban J connectivity index is 1.73. The first kappa shape index (κ1) is 16.2. The van der Waals surface area contributed by atoms with Crippen molar-refractivity contribution in [1.29, 1.82) is 0 Å². The molecule has 0 radical (unpaired) electrons. The molecule has 0 N–H and O–H groups in total. The molecule has 0 amide bonds. The predicted molar refractivity (Wildman–Crippen MR) is 93.4 cm³/mol. The summed E-state index contributed by atoms with van der Waals surface area (Å²) < 4.78 is 34.7. The molecule has 1 unspecified atom stereocenters. The molecule has 120 valence electrons. The maximum Gasteiger partial charge on any atom is 0.201 e. The molecule has 1 nitrogen and oxygen atoms in total. The quantitative estimate of drug-likeness (QED) is 0.437. The first-order valence-corrected chi connectivity index (χ1v) is 9.34. The van der Waals surface area contributed by atoms with E-state index >= 15 is 0 Å². The highest BCUT2D eigenvalue weighted by molar-refractivity contribution is 14.1. The van der Waals surface area contributed by atoms with E-state index in [9.17, 15) is 8.78 Å². The number of rotatable bonds is 4. The summed E-state index contributed by atoms with van der Waals surface area (Å²) in [7, 11) is 0. The van der Waals surface area contributed by atoms with Gasteiger partial charge < -0.3 is 4.74 Å². The van der Waals surface area contributed by atoms with Crippen molar-refractivity contribution < 1.29 is 13.5 Å². The summed E-state index contributed by atoms with van der Waals surface area (Å²) in [5.41, 5.74) is 1.32. The summed E-state index contributed by atoms with van der Waals surface area (Å²) in [5, 5.41) is 0.